The lowest BCUT2D eigenvalue weighted by Gasteiger charge is -1.97. The molecular formula is C19H21N3. The van der Waals surface area contributed by atoms with Crippen molar-refractivity contribution in [2.75, 3.05) is 5.73 Å². The number of nitrogens with zero attached hydrogens (tertiary/aromatic N) is 2. The Hall–Kier alpha value is -2.60. The number of pyridine rings is 2. The van der Waals surface area contributed by atoms with Crippen LogP contribution in [0.4, 0.5) is 5.69 Å². The molecular weight excluding hydrogens is 270 g/mol. The maximum atomic E-state index is 5.61. The molecule has 0 unspecified atom stereocenters. The number of fused-ring (bicyclic) bond motifs is 1. The first-order chi connectivity index (χ1) is 10.5. The van der Waals surface area contributed by atoms with Crippen LogP contribution in [0.15, 0.2) is 29.8 Å². The van der Waals surface area contributed by atoms with Crippen molar-refractivity contribution in [2.24, 2.45) is 0 Å². The number of anilines is 1. The largest absolute Gasteiger partial charge is 0.396 e. The van der Waals surface area contributed by atoms with Crippen LogP contribution in [0.2, 0.25) is 0 Å². The molecule has 112 valence electrons. The van der Waals surface area contributed by atoms with Gasteiger partial charge in [0.25, 0.3) is 0 Å². The molecule has 0 saturated carbocycles. The van der Waals surface area contributed by atoms with Crippen LogP contribution in [0.5, 0.6) is 0 Å². The fraction of sp³-hybridized carbons (Fsp3) is 0.263. The topological polar surface area (TPSA) is 51.8 Å². The summed E-state index contributed by atoms with van der Waals surface area (Å²) in [5.41, 5.74) is 12.9. The van der Waals surface area contributed by atoms with Crippen LogP contribution in [0.25, 0.3) is 6.08 Å². The summed E-state index contributed by atoms with van der Waals surface area (Å²) in [4.78, 5) is 8.59. The van der Waals surface area contributed by atoms with E-state index in [0.717, 1.165) is 17.8 Å². The Labute approximate surface area is 132 Å². The summed E-state index contributed by atoms with van der Waals surface area (Å²) < 4.78 is 0. The van der Waals surface area contributed by atoms with Gasteiger partial charge in [0.15, 0.2) is 0 Å². The van der Waals surface area contributed by atoms with Crippen molar-refractivity contribution in [3.05, 3.63) is 58.2 Å². The Balaban J connectivity index is 0.000000160. The molecule has 0 aliphatic heterocycles. The van der Waals surface area contributed by atoms with E-state index in [4.69, 9.17) is 5.73 Å². The van der Waals surface area contributed by atoms with Gasteiger partial charge in [0.05, 0.1) is 11.4 Å². The third kappa shape index (κ3) is 3.95. The zero-order valence-corrected chi connectivity index (χ0v) is 13.6. The molecule has 2 heterocycles. The number of aromatic nitrogens is 2. The molecule has 2 aromatic rings. The molecule has 0 radical (unpaired) electrons. The summed E-state index contributed by atoms with van der Waals surface area (Å²) in [6.45, 7) is 7.86. The SMILES string of the molecule is CC#Cc1nc(C)ccc1N.CC1=Cc2nc(C)ccc2C1. The predicted octanol–water partition coefficient (Wildman–Crippen LogP) is 3.69. The molecule has 0 spiro atoms. The third-order valence-corrected chi connectivity index (χ3v) is 3.31. The molecule has 2 aromatic heterocycles. The van der Waals surface area contributed by atoms with Crippen molar-refractivity contribution in [1.82, 2.24) is 9.97 Å². The van der Waals surface area contributed by atoms with Crippen LogP contribution in [0.1, 0.15) is 42.2 Å². The van der Waals surface area contributed by atoms with Gasteiger partial charge in [-0.3, -0.25) is 4.98 Å². The number of aryl methyl sites for hydroxylation is 2. The van der Waals surface area contributed by atoms with Crippen molar-refractivity contribution < 1.29 is 0 Å². The summed E-state index contributed by atoms with van der Waals surface area (Å²) in [7, 11) is 0. The summed E-state index contributed by atoms with van der Waals surface area (Å²) in [6, 6.07) is 7.94. The summed E-state index contributed by atoms with van der Waals surface area (Å²) >= 11 is 0. The van der Waals surface area contributed by atoms with E-state index in [9.17, 15) is 0 Å². The second kappa shape index (κ2) is 6.91. The molecule has 3 nitrogen and oxygen atoms in total. The number of nitrogen functional groups attached to an aromatic ring is 1. The lowest BCUT2D eigenvalue weighted by atomic mass is 10.2. The summed E-state index contributed by atoms with van der Waals surface area (Å²) in [5.74, 6) is 5.59. The lowest BCUT2D eigenvalue weighted by Crippen LogP contribution is -1.94. The van der Waals surface area contributed by atoms with Gasteiger partial charge in [0.2, 0.25) is 0 Å². The fourth-order valence-corrected chi connectivity index (χ4v) is 2.25. The number of hydrogen-bond donors (Lipinski definition) is 1. The third-order valence-electron chi connectivity index (χ3n) is 3.31. The van der Waals surface area contributed by atoms with Gasteiger partial charge in [-0.15, -0.1) is 0 Å². The van der Waals surface area contributed by atoms with Gasteiger partial charge in [-0.25, -0.2) is 4.98 Å². The highest BCUT2D eigenvalue weighted by Crippen LogP contribution is 2.22. The first-order valence-corrected chi connectivity index (χ1v) is 7.29. The van der Waals surface area contributed by atoms with Gasteiger partial charge < -0.3 is 5.73 Å². The second-order valence-corrected chi connectivity index (χ2v) is 5.43. The van der Waals surface area contributed by atoms with Crippen LogP contribution in [-0.2, 0) is 6.42 Å². The number of allylic oxidation sites excluding steroid dienone is 1. The molecule has 0 atom stereocenters. The number of rotatable bonds is 0. The van der Waals surface area contributed by atoms with Crippen LogP contribution in [0, 0.1) is 25.7 Å². The minimum absolute atomic E-state index is 0.643. The minimum Gasteiger partial charge on any atom is -0.396 e. The van der Waals surface area contributed by atoms with Crippen molar-refractivity contribution in [1.29, 1.82) is 0 Å². The summed E-state index contributed by atoms with van der Waals surface area (Å²) in [5, 5.41) is 0. The Bertz CT molecular complexity index is 771. The van der Waals surface area contributed by atoms with E-state index in [2.05, 4.69) is 46.9 Å². The van der Waals surface area contributed by atoms with Crippen LogP contribution >= 0.6 is 0 Å². The lowest BCUT2D eigenvalue weighted by molar-refractivity contribution is 1.12. The van der Waals surface area contributed by atoms with Gasteiger partial charge in [-0.1, -0.05) is 17.6 Å². The monoisotopic (exact) mass is 291 g/mol. The van der Waals surface area contributed by atoms with E-state index in [1.54, 1.807) is 6.92 Å². The smallest absolute Gasteiger partial charge is 0.136 e. The highest BCUT2D eigenvalue weighted by atomic mass is 14.7. The normalized spacial score (nSPS) is 11.5. The van der Waals surface area contributed by atoms with E-state index in [1.807, 2.05) is 26.0 Å². The van der Waals surface area contributed by atoms with E-state index in [1.165, 1.54) is 16.8 Å². The molecule has 1 aliphatic carbocycles. The second-order valence-electron chi connectivity index (χ2n) is 5.43. The van der Waals surface area contributed by atoms with Crippen molar-refractivity contribution >= 4 is 11.8 Å². The zero-order chi connectivity index (χ0) is 16.1. The van der Waals surface area contributed by atoms with Gasteiger partial charge in [-0.05, 0) is 69.9 Å². The van der Waals surface area contributed by atoms with Crippen LogP contribution in [-0.4, -0.2) is 9.97 Å². The van der Waals surface area contributed by atoms with E-state index < -0.39 is 0 Å². The Kier molecular flexibility index (Phi) is 4.95. The number of hydrogen-bond acceptors (Lipinski definition) is 3. The average Bonchev–Trinajstić information content (AvgIpc) is 2.83. The zero-order valence-electron chi connectivity index (χ0n) is 13.6. The summed E-state index contributed by atoms with van der Waals surface area (Å²) in [6.07, 6.45) is 3.25. The fourth-order valence-electron chi connectivity index (χ4n) is 2.25. The van der Waals surface area contributed by atoms with Gasteiger partial charge in [0, 0.05) is 11.4 Å². The molecule has 0 saturated heterocycles. The Morgan fingerprint density at radius 1 is 1.00 bits per heavy atom. The average molecular weight is 291 g/mol. The molecule has 1 aliphatic rings. The van der Waals surface area contributed by atoms with Gasteiger partial charge in [0.1, 0.15) is 5.69 Å². The molecule has 0 fully saturated rings. The maximum absolute atomic E-state index is 5.61. The quantitative estimate of drug-likeness (QED) is 0.753. The minimum atomic E-state index is 0.643. The van der Waals surface area contributed by atoms with Gasteiger partial charge in [-0.2, -0.15) is 0 Å². The Morgan fingerprint density at radius 2 is 1.68 bits per heavy atom. The first kappa shape index (κ1) is 15.8. The highest BCUT2D eigenvalue weighted by Gasteiger charge is 2.09. The molecule has 3 rings (SSSR count). The van der Waals surface area contributed by atoms with Crippen molar-refractivity contribution in [3.8, 4) is 11.8 Å². The van der Waals surface area contributed by atoms with Crippen molar-refractivity contribution in [3.63, 3.8) is 0 Å². The first-order valence-electron chi connectivity index (χ1n) is 7.29. The standard InChI is InChI=1S/C10H11N.C9H10N2/c1-7-5-9-4-3-8(2)11-10(9)6-7;1-3-4-9-8(10)6-5-7(2)11-9/h3-4,6H,5H2,1-2H3;5-6H,10H2,1-2H3. The van der Waals surface area contributed by atoms with Crippen LogP contribution in [0.3, 0.4) is 0 Å². The number of nitrogens with two attached hydrogens (primary N) is 1. The van der Waals surface area contributed by atoms with Crippen molar-refractivity contribution in [2.45, 2.75) is 34.1 Å². The highest BCUT2D eigenvalue weighted by molar-refractivity contribution is 5.59. The molecule has 3 heteroatoms. The molecule has 22 heavy (non-hydrogen) atoms. The maximum Gasteiger partial charge on any atom is 0.136 e. The molecule has 0 bridgehead atoms. The van der Waals surface area contributed by atoms with Crippen LogP contribution < -0.4 is 5.73 Å². The van der Waals surface area contributed by atoms with E-state index in [0.29, 0.717) is 11.4 Å². The van der Waals surface area contributed by atoms with E-state index in [-0.39, 0.29) is 0 Å². The molecule has 0 aromatic carbocycles. The molecule has 2 N–H and O–H groups in total. The predicted molar refractivity (Wildman–Crippen MR) is 92.3 cm³/mol. The van der Waals surface area contributed by atoms with Gasteiger partial charge >= 0.3 is 0 Å². The molecule has 0 amide bonds. The van der Waals surface area contributed by atoms with E-state index >= 15 is 0 Å². The Morgan fingerprint density at radius 3 is 2.41 bits per heavy atom.